The molecule has 0 bridgehead atoms. The van der Waals surface area contributed by atoms with Gasteiger partial charge in [-0.25, -0.2) is 13.6 Å². The summed E-state index contributed by atoms with van der Waals surface area (Å²) in [7, 11) is -3.56. The van der Waals surface area contributed by atoms with E-state index in [-0.39, 0.29) is 11.7 Å². The van der Waals surface area contributed by atoms with E-state index < -0.39 is 10.0 Å². The second-order valence-corrected chi connectivity index (χ2v) is 6.79. The van der Waals surface area contributed by atoms with E-state index in [0.717, 1.165) is 5.56 Å². The molecule has 7 heteroatoms. The minimum atomic E-state index is -3.56. The number of rotatable bonds is 4. The lowest BCUT2D eigenvalue weighted by Crippen LogP contribution is -2.15. The Kier molecular flexibility index (Phi) is 4.39. The molecule has 0 unspecified atom stereocenters. The summed E-state index contributed by atoms with van der Waals surface area (Å²) in [5.74, 6) is 0.788. The lowest BCUT2D eigenvalue weighted by molar-refractivity contribution is 0.102. The van der Waals surface area contributed by atoms with Crippen LogP contribution in [0.4, 0.5) is 5.69 Å². The molecule has 0 aliphatic heterocycles. The lowest BCUT2D eigenvalue weighted by Gasteiger charge is -2.06. The minimum Gasteiger partial charge on any atom is -0.466 e. The molecule has 1 heterocycles. The van der Waals surface area contributed by atoms with Crippen LogP contribution in [0.15, 0.2) is 28.7 Å². The number of nitrogens with one attached hydrogen (secondary N) is 1. The van der Waals surface area contributed by atoms with Crippen molar-refractivity contribution >= 4 is 21.6 Å². The third-order valence-electron chi connectivity index (χ3n) is 3.37. The van der Waals surface area contributed by atoms with Gasteiger partial charge in [-0.2, -0.15) is 0 Å². The topological polar surface area (TPSA) is 102 Å². The van der Waals surface area contributed by atoms with Crippen LogP contribution in [0.5, 0.6) is 0 Å². The van der Waals surface area contributed by atoms with Crippen molar-refractivity contribution in [3.8, 4) is 0 Å². The van der Waals surface area contributed by atoms with E-state index in [9.17, 15) is 13.2 Å². The van der Waals surface area contributed by atoms with Gasteiger partial charge < -0.3 is 9.73 Å². The highest BCUT2D eigenvalue weighted by Crippen LogP contribution is 2.22. The molecular weight excluding hydrogens is 304 g/mol. The van der Waals surface area contributed by atoms with Gasteiger partial charge in [0, 0.05) is 11.3 Å². The van der Waals surface area contributed by atoms with Gasteiger partial charge in [0.15, 0.2) is 0 Å². The van der Waals surface area contributed by atoms with Crippen LogP contribution >= 0.6 is 0 Å². The van der Waals surface area contributed by atoms with Crippen LogP contribution < -0.4 is 10.5 Å². The Hall–Kier alpha value is -2.12. The zero-order chi connectivity index (χ0) is 16.5. The standard InChI is InChI=1S/C15H18N2O4S/c1-9-10(2)21-11(3)14(9)15(18)17-13-6-4-12(5-7-13)8-22(16,19)20/h4-7H,8H2,1-3H3,(H,17,18)(H2,16,19,20). The van der Waals surface area contributed by atoms with Crippen LogP contribution in [-0.4, -0.2) is 14.3 Å². The molecule has 1 aromatic carbocycles. The first-order chi connectivity index (χ1) is 10.2. The van der Waals surface area contributed by atoms with E-state index >= 15 is 0 Å². The Bertz CT molecular complexity index is 805. The number of furan rings is 1. The van der Waals surface area contributed by atoms with Crippen molar-refractivity contribution in [2.45, 2.75) is 26.5 Å². The van der Waals surface area contributed by atoms with Gasteiger partial charge in [-0.05, 0) is 38.5 Å². The number of amides is 1. The predicted molar refractivity (Wildman–Crippen MR) is 84.1 cm³/mol. The molecule has 0 atom stereocenters. The van der Waals surface area contributed by atoms with Crippen molar-refractivity contribution < 1.29 is 17.6 Å². The van der Waals surface area contributed by atoms with E-state index in [4.69, 9.17) is 9.56 Å². The zero-order valence-corrected chi connectivity index (χ0v) is 13.5. The maximum absolute atomic E-state index is 12.3. The number of nitrogens with two attached hydrogens (primary N) is 1. The van der Waals surface area contributed by atoms with Gasteiger partial charge in [-0.1, -0.05) is 12.1 Å². The normalized spacial score (nSPS) is 11.5. The van der Waals surface area contributed by atoms with Crippen LogP contribution in [0.3, 0.4) is 0 Å². The van der Waals surface area contributed by atoms with Crippen molar-refractivity contribution in [3.05, 3.63) is 52.5 Å². The average Bonchev–Trinajstić information content (AvgIpc) is 2.64. The predicted octanol–water partition coefficient (Wildman–Crippen LogP) is 2.25. The molecule has 0 fully saturated rings. The molecule has 3 N–H and O–H groups in total. The monoisotopic (exact) mass is 322 g/mol. The second kappa shape index (κ2) is 5.94. The Morgan fingerprint density at radius 1 is 1.14 bits per heavy atom. The van der Waals surface area contributed by atoms with Crippen molar-refractivity contribution in [3.63, 3.8) is 0 Å². The number of carbonyl (C=O) groups excluding carboxylic acids is 1. The summed E-state index contributed by atoms with van der Waals surface area (Å²) in [6.07, 6.45) is 0. The second-order valence-electron chi connectivity index (χ2n) is 5.17. The average molecular weight is 322 g/mol. The summed E-state index contributed by atoms with van der Waals surface area (Å²) >= 11 is 0. The van der Waals surface area contributed by atoms with Crippen LogP contribution in [0, 0.1) is 20.8 Å². The fourth-order valence-corrected chi connectivity index (χ4v) is 2.89. The van der Waals surface area contributed by atoms with E-state index in [1.165, 1.54) is 0 Å². The Balaban J connectivity index is 2.15. The number of hydrogen-bond donors (Lipinski definition) is 2. The minimum absolute atomic E-state index is 0.236. The summed E-state index contributed by atoms with van der Waals surface area (Å²) < 4.78 is 27.5. The summed E-state index contributed by atoms with van der Waals surface area (Å²) in [5.41, 5.74) is 2.46. The molecule has 0 saturated carbocycles. The molecule has 22 heavy (non-hydrogen) atoms. The van der Waals surface area contributed by atoms with Gasteiger partial charge in [0.05, 0.1) is 11.3 Å². The molecule has 0 spiro atoms. The van der Waals surface area contributed by atoms with Gasteiger partial charge in [-0.15, -0.1) is 0 Å². The van der Waals surface area contributed by atoms with Gasteiger partial charge in [0.25, 0.3) is 5.91 Å². The highest BCUT2D eigenvalue weighted by molar-refractivity contribution is 7.88. The molecule has 2 rings (SSSR count). The first-order valence-corrected chi connectivity index (χ1v) is 8.36. The molecule has 0 aliphatic rings. The highest BCUT2D eigenvalue weighted by atomic mass is 32.2. The van der Waals surface area contributed by atoms with Gasteiger partial charge in [0.2, 0.25) is 10.0 Å². The molecule has 1 aromatic heterocycles. The van der Waals surface area contributed by atoms with E-state index in [1.807, 2.05) is 6.92 Å². The number of anilines is 1. The molecule has 0 aliphatic carbocycles. The number of carbonyl (C=O) groups is 1. The van der Waals surface area contributed by atoms with E-state index in [2.05, 4.69) is 5.32 Å². The number of hydrogen-bond acceptors (Lipinski definition) is 4. The quantitative estimate of drug-likeness (QED) is 0.901. The smallest absolute Gasteiger partial charge is 0.259 e. The number of sulfonamides is 1. The van der Waals surface area contributed by atoms with Crippen molar-refractivity contribution in [1.29, 1.82) is 0 Å². The Morgan fingerprint density at radius 2 is 1.73 bits per heavy atom. The maximum Gasteiger partial charge on any atom is 0.259 e. The summed E-state index contributed by atoms with van der Waals surface area (Å²) in [6, 6.07) is 6.49. The van der Waals surface area contributed by atoms with Crippen LogP contribution in [0.2, 0.25) is 0 Å². The third-order valence-corrected chi connectivity index (χ3v) is 4.10. The zero-order valence-electron chi connectivity index (χ0n) is 12.6. The first kappa shape index (κ1) is 16.3. The molecule has 0 saturated heterocycles. The van der Waals surface area contributed by atoms with Gasteiger partial charge in [0.1, 0.15) is 11.5 Å². The van der Waals surface area contributed by atoms with Crippen molar-refractivity contribution in [2.24, 2.45) is 5.14 Å². The Labute approximate surface area is 129 Å². The SMILES string of the molecule is Cc1oc(C)c(C(=O)Nc2ccc(CS(N)(=O)=O)cc2)c1C. The van der Waals surface area contributed by atoms with Gasteiger partial charge in [-0.3, -0.25) is 4.79 Å². The lowest BCUT2D eigenvalue weighted by atomic mass is 10.1. The van der Waals surface area contributed by atoms with Crippen LogP contribution in [0.25, 0.3) is 0 Å². The maximum atomic E-state index is 12.3. The Morgan fingerprint density at radius 3 is 2.18 bits per heavy atom. The third kappa shape index (κ3) is 3.75. The van der Waals surface area contributed by atoms with Crippen molar-refractivity contribution in [1.82, 2.24) is 0 Å². The molecule has 1 amide bonds. The van der Waals surface area contributed by atoms with Crippen LogP contribution in [-0.2, 0) is 15.8 Å². The molecule has 2 aromatic rings. The molecule has 6 nitrogen and oxygen atoms in total. The number of benzene rings is 1. The highest BCUT2D eigenvalue weighted by Gasteiger charge is 2.18. The van der Waals surface area contributed by atoms with Crippen LogP contribution in [0.1, 0.15) is 33.0 Å². The largest absolute Gasteiger partial charge is 0.466 e. The molecule has 118 valence electrons. The van der Waals surface area contributed by atoms with Gasteiger partial charge >= 0.3 is 0 Å². The first-order valence-electron chi connectivity index (χ1n) is 6.65. The van der Waals surface area contributed by atoms with Crippen molar-refractivity contribution in [2.75, 3.05) is 5.32 Å². The fourth-order valence-electron chi connectivity index (χ4n) is 2.24. The fraction of sp³-hybridized carbons (Fsp3) is 0.267. The number of aryl methyl sites for hydroxylation is 2. The molecular formula is C15H18N2O4S. The summed E-state index contributed by atoms with van der Waals surface area (Å²) in [5, 5.41) is 7.75. The molecule has 0 radical (unpaired) electrons. The van der Waals surface area contributed by atoms with E-state index in [0.29, 0.717) is 28.3 Å². The van der Waals surface area contributed by atoms with E-state index in [1.54, 1.807) is 38.1 Å². The summed E-state index contributed by atoms with van der Waals surface area (Å²) in [4.78, 5) is 12.3. The summed E-state index contributed by atoms with van der Waals surface area (Å²) in [6.45, 7) is 5.38. The number of primary sulfonamides is 1.